The summed E-state index contributed by atoms with van der Waals surface area (Å²) >= 11 is 0. The lowest BCUT2D eigenvalue weighted by Crippen LogP contribution is -2.49. The van der Waals surface area contributed by atoms with E-state index in [0.29, 0.717) is 38.1 Å². The normalized spacial score (nSPS) is 14.8. The number of nitrogens with zero attached hydrogens (tertiary/aromatic N) is 1. The first-order chi connectivity index (χ1) is 13.7. The topological polar surface area (TPSA) is 97.0 Å². The van der Waals surface area contributed by atoms with Crippen molar-refractivity contribution in [1.82, 2.24) is 15.5 Å². The zero-order valence-corrected chi connectivity index (χ0v) is 17.6. The van der Waals surface area contributed by atoms with Gasteiger partial charge in [0.1, 0.15) is 17.9 Å². The average Bonchev–Trinajstić information content (AvgIpc) is 2.66. The number of benzene rings is 1. The quantitative estimate of drug-likeness (QED) is 0.757. The molecule has 1 aliphatic heterocycles. The van der Waals surface area contributed by atoms with Crippen LogP contribution >= 0.6 is 0 Å². The summed E-state index contributed by atoms with van der Waals surface area (Å²) in [6.07, 6.45) is 0.727. The zero-order valence-electron chi connectivity index (χ0n) is 17.6. The third kappa shape index (κ3) is 7.63. The standard InChI is InChI=1S/C21H31N3O5/c1-5-28-17-8-6-15(7-9-17)19(26)23-16-10-12-24(13-11-16)18(25)14-22-20(27)29-21(2,3)4/h6-9,16H,5,10-14H2,1-4H3,(H,22,27)(H,23,26). The molecule has 0 atom stereocenters. The summed E-state index contributed by atoms with van der Waals surface area (Å²) < 4.78 is 10.5. The second kappa shape index (κ2) is 10.1. The number of likely N-dealkylation sites (tertiary alicyclic amines) is 1. The lowest BCUT2D eigenvalue weighted by Gasteiger charge is -2.32. The molecule has 29 heavy (non-hydrogen) atoms. The van der Waals surface area contributed by atoms with Gasteiger partial charge in [-0.25, -0.2) is 4.79 Å². The largest absolute Gasteiger partial charge is 0.494 e. The van der Waals surface area contributed by atoms with E-state index in [1.807, 2.05) is 6.92 Å². The van der Waals surface area contributed by atoms with Gasteiger partial charge in [-0.1, -0.05) is 0 Å². The fraction of sp³-hybridized carbons (Fsp3) is 0.571. The minimum Gasteiger partial charge on any atom is -0.494 e. The number of hydrogen-bond donors (Lipinski definition) is 2. The Kier molecular flexibility index (Phi) is 7.87. The van der Waals surface area contributed by atoms with Gasteiger partial charge in [0.05, 0.1) is 6.61 Å². The number of rotatable bonds is 6. The van der Waals surface area contributed by atoms with Gasteiger partial charge in [0, 0.05) is 24.7 Å². The number of hydrogen-bond acceptors (Lipinski definition) is 5. The molecule has 0 saturated carbocycles. The lowest BCUT2D eigenvalue weighted by molar-refractivity contribution is -0.131. The molecule has 8 heteroatoms. The molecule has 0 aliphatic carbocycles. The molecule has 2 N–H and O–H groups in total. The molecule has 0 unspecified atom stereocenters. The summed E-state index contributed by atoms with van der Waals surface area (Å²) in [5.74, 6) is 0.437. The highest BCUT2D eigenvalue weighted by Gasteiger charge is 2.25. The molecule has 1 aromatic carbocycles. The van der Waals surface area contributed by atoms with Gasteiger partial charge >= 0.3 is 6.09 Å². The van der Waals surface area contributed by atoms with Gasteiger partial charge in [0.15, 0.2) is 0 Å². The molecule has 2 rings (SSSR count). The third-order valence-corrected chi connectivity index (χ3v) is 4.39. The number of amides is 3. The predicted molar refractivity (Wildman–Crippen MR) is 109 cm³/mol. The first-order valence-electron chi connectivity index (χ1n) is 9.96. The van der Waals surface area contributed by atoms with Gasteiger partial charge in [-0.2, -0.15) is 0 Å². The van der Waals surface area contributed by atoms with Crippen molar-refractivity contribution in [3.8, 4) is 5.75 Å². The van der Waals surface area contributed by atoms with Crippen LogP contribution in [-0.4, -0.2) is 60.7 Å². The van der Waals surface area contributed by atoms with E-state index in [1.54, 1.807) is 49.9 Å². The van der Waals surface area contributed by atoms with E-state index in [0.717, 1.165) is 5.75 Å². The SMILES string of the molecule is CCOc1ccc(C(=O)NC2CCN(C(=O)CNC(=O)OC(C)(C)C)CC2)cc1. The van der Waals surface area contributed by atoms with E-state index < -0.39 is 11.7 Å². The molecule has 1 aliphatic rings. The van der Waals surface area contributed by atoms with Crippen molar-refractivity contribution >= 4 is 17.9 Å². The second-order valence-electron chi connectivity index (χ2n) is 7.94. The van der Waals surface area contributed by atoms with Crippen LogP contribution in [0.5, 0.6) is 5.75 Å². The van der Waals surface area contributed by atoms with Crippen LogP contribution in [0.15, 0.2) is 24.3 Å². The average molecular weight is 405 g/mol. The molecule has 8 nitrogen and oxygen atoms in total. The molecule has 0 aromatic heterocycles. The van der Waals surface area contributed by atoms with Crippen molar-refractivity contribution in [3.05, 3.63) is 29.8 Å². The van der Waals surface area contributed by atoms with Crippen molar-refractivity contribution in [2.45, 2.75) is 52.2 Å². The van der Waals surface area contributed by atoms with E-state index in [1.165, 1.54) is 0 Å². The molecule has 1 fully saturated rings. The first-order valence-corrected chi connectivity index (χ1v) is 9.96. The Labute approximate surface area is 171 Å². The molecule has 0 spiro atoms. The molecule has 1 saturated heterocycles. The van der Waals surface area contributed by atoms with Crippen molar-refractivity contribution in [1.29, 1.82) is 0 Å². The van der Waals surface area contributed by atoms with E-state index in [9.17, 15) is 14.4 Å². The Morgan fingerprint density at radius 1 is 1.10 bits per heavy atom. The lowest BCUT2D eigenvalue weighted by atomic mass is 10.0. The molecular formula is C21H31N3O5. The fourth-order valence-corrected chi connectivity index (χ4v) is 2.98. The number of ether oxygens (including phenoxy) is 2. The third-order valence-electron chi connectivity index (χ3n) is 4.39. The highest BCUT2D eigenvalue weighted by molar-refractivity contribution is 5.94. The van der Waals surface area contributed by atoms with Crippen molar-refractivity contribution in [3.63, 3.8) is 0 Å². The number of piperidine rings is 1. The van der Waals surface area contributed by atoms with Crippen LogP contribution < -0.4 is 15.4 Å². The van der Waals surface area contributed by atoms with Crippen molar-refractivity contribution in [2.24, 2.45) is 0 Å². The van der Waals surface area contributed by atoms with Crippen molar-refractivity contribution in [2.75, 3.05) is 26.2 Å². The molecule has 3 amide bonds. The summed E-state index contributed by atoms with van der Waals surface area (Å²) in [4.78, 5) is 38.0. The van der Waals surface area contributed by atoms with E-state index >= 15 is 0 Å². The van der Waals surface area contributed by atoms with Gasteiger partial charge in [0.2, 0.25) is 5.91 Å². The molecule has 160 valence electrons. The maximum Gasteiger partial charge on any atom is 0.408 e. The summed E-state index contributed by atoms with van der Waals surface area (Å²) in [5.41, 5.74) is -0.0268. The smallest absolute Gasteiger partial charge is 0.408 e. The second-order valence-corrected chi connectivity index (χ2v) is 7.94. The Bertz CT molecular complexity index is 704. The van der Waals surface area contributed by atoms with Crippen LogP contribution in [0.4, 0.5) is 4.79 Å². The minimum absolute atomic E-state index is 0.0110. The van der Waals surface area contributed by atoms with E-state index in [-0.39, 0.29) is 24.4 Å². The fourth-order valence-electron chi connectivity index (χ4n) is 2.98. The maximum absolute atomic E-state index is 12.4. The Balaban J connectivity index is 1.73. The number of alkyl carbamates (subject to hydrolysis) is 1. The van der Waals surface area contributed by atoms with Gasteiger partial charge in [-0.15, -0.1) is 0 Å². The van der Waals surface area contributed by atoms with Crippen LogP contribution in [0.2, 0.25) is 0 Å². The van der Waals surface area contributed by atoms with Crippen LogP contribution in [-0.2, 0) is 9.53 Å². The summed E-state index contributed by atoms with van der Waals surface area (Å²) in [5, 5.41) is 5.50. The summed E-state index contributed by atoms with van der Waals surface area (Å²) in [6.45, 7) is 8.74. The van der Waals surface area contributed by atoms with Crippen LogP contribution in [0.25, 0.3) is 0 Å². The highest BCUT2D eigenvalue weighted by Crippen LogP contribution is 2.14. The number of nitrogens with one attached hydrogen (secondary N) is 2. The van der Waals surface area contributed by atoms with Gasteiger partial charge in [-0.3, -0.25) is 9.59 Å². The van der Waals surface area contributed by atoms with Gasteiger partial charge in [0.25, 0.3) is 5.91 Å². The van der Waals surface area contributed by atoms with Crippen LogP contribution in [0.1, 0.15) is 50.9 Å². The molecular weight excluding hydrogens is 374 g/mol. The zero-order chi connectivity index (χ0) is 21.4. The van der Waals surface area contributed by atoms with E-state index in [2.05, 4.69) is 10.6 Å². The monoisotopic (exact) mass is 405 g/mol. The minimum atomic E-state index is -0.608. The van der Waals surface area contributed by atoms with Gasteiger partial charge < -0.3 is 25.0 Å². The highest BCUT2D eigenvalue weighted by atomic mass is 16.6. The molecule has 0 radical (unpaired) electrons. The molecule has 1 heterocycles. The predicted octanol–water partition coefficient (Wildman–Crippen LogP) is 2.33. The van der Waals surface area contributed by atoms with Gasteiger partial charge in [-0.05, 0) is 64.8 Å². The van der Waals surface area contributed by atoms with Crippen LogP contribution in [0, 0.1) is 0 Å². The van der Waals surface area contributed by atoms with Crippen molar-refractivity contribution < 1.29 is 23.9 Å². The Hall–Kier alpha value is -2.77. The number of carbonyl (C=O) groups excluding carboxylic acids is 3. The number of carbonyl (C=O) groups is 3. The van der Waals surface area contributed by atoms with Crippen LogP contribution in [0.3, 0.4) is 0 Å². The molecule has 0 bridgehead atoms. The summed E-state index contributed by atoms with van der Waals surface area (Å²) in [7, 11) is 0. The van der Waals surface area contributed by atoms with E-state index in [4.69, 9.17) is 9.47 Å². The first kappa shape index (κ1) is 22.5. The Morgan fingerprint density at radius 2 is 1.72 bits per heavy atom. The maximum atomic E-state index is 12.4. The Morgan fingerprint density at radius 3 is 2.28 bits per heavy atom. The summed E-state index contributed by atoms with van der Waals surface area (Å²) in [6, 6.07) is 7.04. The molecule has 1 aromatic rings.